The van der Waals surface area contributed by atoms with Crippen LogP contribution in [0.4, 0.5) is 11.5 Å². The van der Waals surface area contributed by atoms with Crippen LogP contribution in [0, 0.1) is 15.5 Å². The third-order valence-corrected chi connectivity index (χ3v) is 3.61. The summed E-state index contributed by atoms with van der Waals surface area (Å²) in [5, 5.41) is 14.3. The molecule has 98 valence electrons. The Balaban J connectivity index is 2.07. The average Bonchev–Trinajstić information content (AvgIpc) is 3.08. The summed E-state index contributed by atoms with van der Waals surface area (Å²) in [6.45, 7) is 2.90. The van der Waals surface area contributed by atoms with Crippen molar-refractivity contribution in [2.75, 3.05) is 11.9 Å². The van der Waals surface area contributed by atoms with Crippen LogP contribution in [-0.4, -0.2) is 16.5 Å². The Bertz CT molecular complexity index is 461. The number of hydrogen-bond acceptors (Lipinski definition) is 4. The molecular weight excluding hydrogens is 254 g/mol. The van der Waals surface area contributed by atoms with Gasteiger partial charge in [0.15, 0.2) is 0 Å². The lowest BCUT2D eigenvalue weighted by molar-refractivity contribution is -0.384. The zero-order chi connectivity index (χ0) is 13.2. The summed E-state index contributed by atoms with van der Waals surface area (Å²) in [4.78, 5) is 14.5. The van der Waals surface area contributed by atoms with Crippen molar-refractivity contribution in [1.82, 2.24) is 4.98 Å². The van der Waals surface area contributed by atoms with E-state index in [1.54, 1.807) is 0 Å². The van der Waals surface area contributed by atoms with Crippen LogP contribution >= 0.6 is 11.6 Å². The maximum Gasteiger partial charge on any atom is 0.312 e. The van der Waals surface area contributed by atoms with E-state index in [2.05, 4.69) is 17.2 Å². The van der Waals surface area contributed by atoms with Crippen LogP contribution in [0.3, 0.4) is 0 Å². The Kier molecular flexibility index (Phi) is 3.71. The molecule has 0 amide bonds. The lowest BCUT2D eigenvalue weighted by Crippen LogP contribution is -2.16. The van der Waals surface area contributed by atoms with Crippen LogP contribution in [0.5, 0.6) is 0 Å². The van der Waals surface area contributed by atoms with Gasteiger partial charge in [-0.15, -0.1) is 0 Å². The molecule has 1 heterocycles. The van der Waals surface area contributed by atoms with E-state index >= 15 is 0 Å². The van der Waals surface area contributed by atoms with E-state index in [0.29, 0.717) is 11.2 Å². The zero-order valence-corrected chi connectivity index (χ0v) is 11.0. The molecule has 1 fully saturated rings. The SMILES string of the molecule is CCCC1(CNc2ncc(Cl)cc2[N+](=O)[O-])CC1. The fourth-order valence-corrected chi connectivity index (χ4v) is 2.35. The minimum absolute atomic E-state index is 0.0604. The zero-order valence-electron chi connectivity index (χ0n) is 10.3. The Morgan fingerprint density at radius 2 is 2.33 bits per heavy atom. The van der Waals surface area contributed by atoms with Crippen molar-refractivity contribution in [3.8, 4) is 0 Å². The third kappa shape index (κ3) is 2.90. The number of pyridine rings is 1. The van der Waals surface area contributed by atoms with Gasteiger partial charge in [-0.05, 0) is 24.7 Å². The number of hydrogen-bond donors (Lipinski definition) is 1. The van der Waals surface area contributed by atoms with Crippen molar-refractivity contribution in [2.45, 2.75) is 32.6 Å². The summed E-state index contributed by atoms with van der Waals surface area (Å²) in [6.07, 6.45) is 6.10. The monoisotopic (exact) mass is 269 g/mol. The Labute approximate surface area is 111 Å². The maximum absolute atomic E-state index is 10.9. The van der Waals surface area contributed by atoms with Crippen LogP contribution in [0.1, 0.15) is 32.6 Å². The molecule has 2 rings (SSSR count). The first-order valence-corrected chi connectivity index (χ1v) is 6.48. The minimum atomic E-state index is -0.458. The molecule has 18 heavy (non-hydrogen) atoms. The predicted octanol–water partition coefficient (Wildman–Crippen LogP) is 3.64. The molecule has 0 aromatic carbocycles. The Morgan fingerprint density at radius 3 is 2.89 bits per heavy atom. The van der Waals surface area contributed by atoms with Gasteiger partial charge in [-0.3, -0.25) is 10.1 Å². The summed E-state index contributed by atoms with van der Waals surface area (Å²) >= 11 is 5.72. The van der Waals surface area contributed by atoms with Crippen molar-refractivity contribution >= 4 is 23.1 Å². The molecule has 5 nitrogen and oxygen atoms in total. The second-order valence-electron chi connectivity index (χ2n) is 4.88. The lowest BCUT2D eigenvalue weighted by Gasteiger charge is -2.15. The summed E-state index contributed by atoms with van der Waals surface area (Å²) in [7, 11) is 0. The highest BCUT2D eigenvalue weighted by Crippen LogP contribution is 2.49. The molecule has 0 atom stereocenters. The first-order valence-electron chi connectivity index (χ1n) is 6.10. The highest BCUT2D eigenvalue weighted by molar-refractivity contribution is 6.30. The quantitative estimate of drug-likeness (QED) is 0.632. The molecule has 1 aromatic rings. The third-order valence-electron chi connectivity index (χ3n) is 3.40. The van der Waals surface area contributed by atoms with Gasteiger partial charge in [-0.2, -0.15) is 0 Å². The summed E-state index contributed by atoms with van der Waals surface area (Å²) in [6, 6.07) is 1.33. The topological polar surface area (TPSA) is 68.1 Å². The standard InChI is InChI=1S/C12H16ClN3O2/c1-2-3-12(4-5-12)8-15-11-10(16(17)18)6-9(13)7-14-11/h6-7H,2-5,8H2,1H3,(H,14,15). The molecule has 0 bridgehead atoms. The summed E-state index contributed by atoms with van der Waals surface area (Å²) < 4.78 is 0. The number of halogens is 1. The van der Waals surface area contributed by atoms with Crippen LogP contribution in [-0.2, 0) is 0 Å². The second-order valence-corrected chi connectivity index (χ2v) is 5.32. The van der Waals surface area contributed by atoms with Gasteiger partial charge in [0.25, 0.3) is 0 Å². The highest BCUT2D eigenvalue weighted by atomic mass is 35.5. The van der Waals surface area contributed by atoms with Crippen molar-refractivity contribution in [3.63, 3.8) is 0 Å². The van der Waals surface area contributed by atoms with Gasteiger partial charge in [-0.25, -0.2) is 4.98 Å². The van der Waals surface area contributed by atoms with Gasteiger partial charge in [0.2, 0.25) is 5.82 Å². The van der Waals surface area contributed by atoms with Crippen molar-refractivity contribution in [2.24, 2.45) is 5.41 Å². The molecule has 0 unspecified atom stereocenters. The molecule has 1 aliphatic rings. The van der Waals surface area contributed by atoms with Crippen molar-refractivity contribution < 1.29 is 4.92 Å². The number of nitro groups is 1. The van der Waals surface area contributed by atoms with E-state index in [4.69, 9.17) is 11.6 Å². The van der Waals surface area contributed by atoms with E-state index < -0.39 is 4.92 Å². The fraction of sp³-hybridized carbons (Fsp3) is 0.583. The molecule has 0 aliphatic heterocycles. The second kappa shape index (κ2) is 5.10. The molecule has 0 radical (unpaired) electrons. The Morgan fingerprint density at radius 1 is 1.61 bits per heavy atom. The van der Waals surface area contributed by atoms with Gasteiger partial charge in [0.05, 0.1) is 9.95 Å². The van der Waals surface area contributed by atoms with Gasteiger partial charge in [-0.1, -0.05) is 24.9 Å². The smallest absolute Gasteiger partial charge is 0.312 e. The van der Waals surface area contributed by atoms with E-state index in [1.807, 2.05) is 0 Å². The Hall–Kier alpha value is -1.36. The van der Waals surface area contributed by atoms with Gasteiger partial charge >= 0.3 is 5.69 Å². The van der Waals surface area contributed by atoms with Gasteiger partial charge < -0.3 is 5.32 Å². The molecule has 0 spiro atoms. The predicted molar refractivity (Wildman–Crippen MR) is 71.0 cm³/mol. The van der Waals surface area contributed by atoms with E-state index in [9.17, 15) is 10.1 Å². The molecule has 1 N–H and O–H groups in total. The first kappa shape index (κ1) is 13.1. The number of aromatic nitrogens is 1. The summed E-state index contributed by atoms with van der Waals surface area (Å²) in [5.41, 5.74) is 0.263. The lowest BCUT2D eigenvalue weighted by atomic mass is 10.0. The number of rotatable bonds is 6. The minimum Gasteiger partial charge on any atom is -0.364 e. The fourth-order valence-electron chi connectivity index (χ4n) is 2.20. The van der Waals surface area contributed by atoms with Crippen LogP contribution in [0.25, 0.3) is 0 Å². The summed E-state index contributed by atoms with van der Waals surface area (Å²) in [5.74, 6) is 0.312. The largest absolute Gasteiger partial charge is 0.364 e. The van der Waals surface area contributed by atoms with Crippen molar-refractivity contribution in [3.05, 3.63) is 27.4 Å². The molecular formula is C12H16ClN3O2. The molecule has 1 saturated carbocycles. The maximum atomic E-state index is 10.9. The van der Waals surface area contributed by atoms with Crippen LogP contribution in [0.2, 0.25) is 5.02 Å². The molecule has 1 aromatic heterocycles. The van der Waals surface area contributed by atoms with E-state index in [0.717, 1.165) is 19.4 Å². The average molecular weight is 270 g/mol. The van der Waals surface area contributed by atoms with E-state index in [1.165, 1.54) is 25.1 Å². The molecule has 6 heteroatoms. The van der Waals surface area contributed by atoms with Crippen LogP contribution < -0.4 is 5.32 Å². The van der Waals surface area contributed by atoms with E-state index in [-0.39, 0.29) is 10.7 Å². The van der Waals surface area contributed by atoms with Gasteiger partial charge in [0, 0.05) is 18.8 Å². The van der Waals surface area contributed by atoms with Crippen molar-refractivity contribution in [1.29, 1.82) is 0 Å². The van der Waals surface area contributed by atoms with Gasteiger partial charge in [0.1, 0.15) is 0 Å². The first-order chi connectivity index (χ1) is 8.56. The number of nitrogens with one attached hydrogen (secondary N) is 1. The molecule has 0 saturated heterocycles. The normalized spacial score (nSPS) is 16.3. The number of anilines is 1. The van der Waals surface area contributed by atoms with Crippen LogP contribution in [0.15, 0.2) is 12.3 Å². The highest BCUT2D eigenvalue weighted by Gasteiger charge is 2.41. The number of nitrogens with zero attached hydrogens (tertiary/aromatic N) is 2. The molecule has 1 aliphatic carbocycles.